The lowest BCUT2D eigenvalue weighted by molar-refractivity contribution is -0.166. The summed E-state index contributed by atoms with van der Waals surface area (Å²) < 4.78 is 24.2. The van der Waals surface area contributed by atoms with E-state index < -0.39 is 48.1 Å². The van der Waals surface area contributed by atoms with Crippen molar-refractivity contribution in [1.82, 2.24) is 19.1 Å². The number of imidazole rings is 1. The van der Waals surface area contributed by atoms with Crippen LogP contribution in [0.2, 0.25) is 0 Å². The van der Waals surface area contributed by atoms with E-state index in [4.69, 9.17) is 24.7 Å². The number of aromatic nitrogens is 4. The Kier molecular flexibility index (Phi) is 7.86. The maximum Gasteiger partial charge on any atom is 0.332 e. The van der Waals surface area contributed by atoms with Crippen LogP contribution in [-0.4, -0.2) is 73.6 Å². The number of ether oxygens (including phenoxy) is 4. The van der Waals surface area contributed by atoms with Crippen molar-refractivity contribution in [2.75, 3.05) is 18.9 Å². The minimum Gasteiger partial charge on any atom is -0.463 e. The van der Waals surface area contributed by atoms with Gasteiger partial charge < -0.3 is 29.8 Å². The summed E-state index contributed by atoms with van der Waals surface area (Å²) in [6, 6.07) is 0. The third-order valence-electron chi connectivity index (χ3n) is 5.15. The van der Waals surface area contributed by atoms with Gasteiger partial charge in [-0.05, 0) is 0 Å². The number of allylic oxidation sites excluding steroid dienone is 1. The van der Waals surface area contributed by atoms with Gasteiger partial charge in [0, 0.05) is 40.3 Å². The Morgan fingerprint density at radius 1 is 1.14 bits per heavy atom. The van der Waals surface area contributed by atoms with Gasteiger partial charge in [0.05, 0.1) is 5.69 Å². The number of carbonyl (C=O) groups excluding carboxylic acids is 3. The summed E-state index contributed by atoms with van der Waals surface area (Å²) >= 11 is 0. The summed E-state index contributed by atoms with van der Waals surface area (Å²) in [6.07, 6.45) is -3.35. The molecule has 14 nitrogen and oxygen atoms in total. The van der Waals surface area contributed by atoms with Crippen LogP contribution in [0.5, 0.6) is 0 Å². The number of anilines is 1. The molecular weight excluding hydrogens is 466 g/mol. The van der Waals surface area contributed by atoms with Crippen LogP contribution in [0.15, 0.2) is 17.4 Å². The molecule has 1 aliphatic heterocycles. The van der Waals surface area contributed by atoms with Crippen molar-refractivity contribution < 1.29 is 38.4 Å². The first-order chi connectivity index (χ1) is 16.6. The quantitative estimate of drug-likeness (QED) is 0.252. The Morgan fingerprint density at radius 3 is 2.37 bits per heavy atom. The molecule has 0 bridgehead atoms. The van der Waals surface area contributed by atoms with Crippen molar-refractivity contribution >= 4 is 35.0 Å². The first-order valence-electron chi connectivity index (χ1n) is 10.7. The van der Waals surface area contributed by atoms with Gasteiger partial charge in [0.25, 0.3) is 0 Å². The third kappa shape index (κ3) is 5.33. The number of aliphatic hydroxyl groups is 1. The van der Waals surface area contributed by atoms with E-state index in [-0.39, 0.29) is 43.3 Å². The van der Waals surface area contributed by atoms with E-state index in [1.54, 1.807) is 0 Å². The van der Waals surface area contributed by atoms with Gasteiger partial charge in [-0.3, -0.25) is 19.0 Å². The minimum atomic E-state index is -1.33. The molecule has 14 heteroatoms. The van der Waals surface area contributed by atoms with Crippen molar-refractivity contribution in [3.8, 4) is 0 Å². The first kappa shape index (κ1) is 25.8. The number of rotatable bonds is 9. The SMILES string of the molecule is C=CCn1c(=O)n([C@@H]2O[C@H](COC(C)=O)[C@@H](OC(C)=O)[C@H]2OC(C)=O)c2nc(N)nc(CCO)c21. The highest BCUT2D eigenvalue weighted by molar-refractivity contribution is 5.76. The fourth-order valence-electron chi connectivity index (χ4n) is 3.98. The molecule has 0 unspecified atom stereocenters. The van der Waals surface area contributed by atoms with Gasteiger partial charge >= 0.3 is 23.6 Å². The summed E-state index contributed by atoms with van der Waals surface area (Å²) in [5.74, 6) is -2.22. The molecule has 3 N–H and O–H groups in total. The summed E-state index contributed by atoms with van der Waals surface area (Å²) in [6.45, 7) is 6.60. The molecule has 1 fully saturated rings. The van der Waals surface area contributed by atoms with Crippen LogP contribution in [0.1, 0.15) is 32.7 Å². The topological polar surface area (TPSA) is 187 Å². The molecule has 35 heavy (non-hydrogen) atoms. The standard InChI is InChI=1S/C21H27N5O9/c1-5-7-25-15-13(6-8-27)23-20(22)24-18(15)26(21(25)31)19-17(34-12(4)30)16(33-11(3)29)14(35-19)9-32-10(2)28/h5,14,16-17,19,27H,1,6-9H2,2-4H3,(H2,22,23,24)/t14-,16-,17-,19-/m1/s1. The van der Waals surface area contributed by atoms with E-state index in [1.165, 1.54) is 17.6 Å². The fourth-order valence-corrected chi connectivity index (χ4v) is 3.98. The molecule has 0 saturated carbocycles. The second-order valence-corrected chi connectivity index (χ2v) is 7.74. The van der Waals surface area contributed by atoms with Crippen molar-refractivity contribution in [2.24, 2.45) is 0 Å². The van der Waals surface area contributed by atoms with E-state index in [2.05, 4.69) is 16.5 Å². The molecule has 0 spiro atoms. The normalized spacial score (nSPS) is 21.6. The lowest BCUT2D eigenvalue weighted by Crippen LogP contribution is -2.41. The van der Waals surface area contributed by atoms with Crippen LogP contribution in [-0.2, 0) is 46.3 Å². The van der Waals surface area contributed by atoms with Gasteiger partial charge in [0.1, 0.15) is 18.2 Å². The maximum atomic E-state index is 13.6. The van der Waals surface area contributed by atoms with E-state index >= 15 is 0 Å². The summed E-state index contributed by atoms with van der Waals surface area (Å²) in [5.41, 5.74) is 5.87. The average Bonchev–Trinajstić information content (AvgIpc) is 3.21. The Balaban J connectivity index is 2.24. The van der Waals surface area contributed by atoms with E-state index in [9.17, 15) is 24.3 Å². The number of hydrogen-bond acceptors (Lipinski definition) is 12. The number of fused-ring (bicyclic) bond motifs is 1. The molecule has 2 aromatic rings. The largest absolute Gasteiger partial charge is 0.463 e. The molecule has 0 aromatic carbocycles. The van der Waals surface area contributed by atoms with E-state index in [0.29, 0.717) is 5.69 Å². The number of hydrogen-bond donors (Lipinski definition) is 2. The zero-order valence-electron chi connectivity index (χ0n) is 19.5. The predicted octanol–water partition coefficient (Wildman–Crippen LogP) is -0.780. The third-order valence-corrected chi connectivity index (χ3v) is 5.15. The van der Waals surface area contributed by atoms with Gasteiger partial charge in [-0.2, -0.15) is 4.98 Å². The van der Waals surface area contributed by atoms with Crippen molar-refractivity contribution in [3.63, 3.8) is 0 Å². The van der Waals surface area contributed by atoms with Crippen LogP contribution < -0.4 is 11.4 Å². The highest BCUT2D eigenvalue weighted by Gasteiger charge is 2.52. The minimum absolute atomic E-state index is 0.0460. The molecule has 1 saturated heterocycles. The van der Waals surface area contributed by atoms with Crippen molar-refractivity contribution in [3.05, 3.63) is 28.8 Å². The molecule has 190 valence electrons. The number of nitrogen functional groups attached to an aromatic ring is 1. The zero-order chi connectivity index (χ0) is 25.9. The van der Waals surface area contributed by atoms with Gasteiger partial charge in [0.2, 0.25) is 5.95 Å². The molecule has 2 aromatic heterocycles. The molecular formula is C21H27N5O9. The zero-order valence-corrected chi connectivity index (χ0v) is 19.5. The number of nitrogens with two attached hydrogens (primary N) is 1. The Morgan fingerprint density at radius 2 is 1.80 bits per heavy atom. The van der Waals surface area contributed by atoms with Gasteiger partial charge in [-0.1, -0.05) is 6.08 Å². The van der Waals surface area contributed by atoms with E-state index in [0.717, 1.165) is 18.4 Å². The molecule has 0 radical (unpaired) electrons. The Hall–Kier alpha value is -3.78. The second kappa shape index (κ2) is 10.7. The highest BCUT2D eigenvalue weighted by Crippen LogP contribution is 2.35. The predicted molar refractivity (Wildman–Crippen MR) is 119 cm³/mol. The van der Waals surface area contributed by atoms with Crippen LogP contribution in [0.25, 0.3) is 11.2 Å². The number of esters is 3. The van der Waals surface area contributed by atoms with Crippen molar-refractivity contribution in [2.45, 2.75) is 58.3 Å². The number of nitrogens with zero attached hydrogens (tertiary/aromatic N) is 4. The highest BCUT2D eigenvalue weighted by atomic mass is 16.7. The lowest BCUT2D eigenvalue weighted by atomic mass is 10.1. The van der Waals surface area contributed by atoms with Crippen molar-refractivity contribution in [1.29, 1.82) is 0 Å². The lowest BCUT2D eigenvalue weighted by Gasteiger charge is -2.23. The number of carbonyl (C=O) groups is 3. The van der Waals surface area contributed by atoms with Crippen LogP contribution in [0, 0.1) is 0 Å². The van der Waals surface area contributed by atoms with Gasteiger partial charge in [0.15, 0.2) is 24.1 Å². The maximum absolute atomic E-state index is 13.6. The first-order valence-corrected chi connectivity index (χ1v) is 10.7. The summed E-state index contributed by atoms with van der Waals surface area (Å²) in [5, 5.41) is 9.49. The van der Waals surface area contributed by atoms with Crippen LogP contribution in [0.4, 0.5) is 5.95 Å². The Labute approximate surface area is 199 Å². The summed E-state index contributed by atoms with van der Waals surface area (Å²) in [4.78, 5) is 57.1. The molecule has 4 atom stereocenters. The molecule has 0 amide bonds. The molecule has 1 aliphatic rings. The molecule has 3 rings (SSSR count). The smallest absolute Gasteiger partial charge is 0.332 e. The van der Waals surface area contributed by atoms with E-state index in [1.807, 2.05) is 0 Å². The summed E-state index contributed by atoms with van der Waals surface area (Å²) in [7, 11) is 0. The molecule has 3 heterocycles. The van der Waals surface area contributed by atoms with Gasteiger partial charge in [-0.25, -0.2) is 14.3 Å². The monoisotopic (exact) mass is 493 g/mol. The molecule has 0 aliphatic carbocycles. The van der Waals surface area contributed by atoms with Gasteiger partial charge in [-0.15, -0.1) is 6.58 Å². The van der Waals surface area contributed by atoms with Crippen LogP contribution in [0.3, 0.4) is 0 Å². The second-order valence-electron chi connectivity index (χ2n) is 7.74. The number of aliphatic hydroxyl groups excluding tert-OH is 1. The average molecular weight is 493 g/mol. The Bertz CT molecular complexity index is 1200. The van der Waals surface area contributed by atoms with Crippen LogP contribution >= 0.6 is 0 Å². The fraction of sp³-hybridized carbons (Fsp3) is 0.524.